The first-order valence-electron chi connectivity index (χ1n) is 8.15. The molecule has 0 radical (unpaired) electrons. The summed E-state index contributed by atoms with van der Waals surface area (Å²) in [5, 5.41) is 11.4. The second kappa shape index (κ2) is 6.56. The highest BCUT2D eigenvalue weighted by molar-refractivity contribution is 6.45. The normalized spacial score (nSPS) is 14.6. The van der Waals surface area contributed by atoms with Gasteiger partial charge in [-0.1, -0.05) is 5.21 Å². The number of carbonyl (C=O) groups is 2. The lowest BCUT2D eigenvalue weighted by Crippen LogP contribution is -2.48. The molecule has 1 amide bonds. The number of methoxy groups -OCH3 is 1. The maximum absolute atomic E-state index is 12.8. The maximum atomic E-state index is 12.8. The molecule has 0 bridgehead atoms. The number of carbonyl (C=O) groups excluding carboxylic acids is 2. The van der Waals surface area contributed by atoms with Crippen molar-refractivity contribution >= 4 is 22.6 Å². The molecule has 0 aromatic carbocycles. The average Bonchev–Trinajstić information content (AvgIpc) is 3.37. The number of amides is 1. The number of aromatic amines is 1. The van der Waals surface area contributed by atoms with Gasteiger partial charge in [-0.15, -0.1) is 5.10 Å². The van der Waals surface area contributed by atoms with E-state index in [-0.39, 0.29) is 5.56 Å². The molecule has 1 aliphatic heterocycles. The number of piperazine rings is 1. The van der Waals surface area contributed by atoms with Gasteiger partial charge >= 0.3 is 0 Å². The molecule has 1 fully saturated rings. The first kappa shape index (κ1) is 16.2. The molecule has 0 spiro atoms. The van der Waals surface area contributed by atoms with Gasteiger partial charge in [0, 0.05) is 32.4 Å². The second-order valence-corrected chi connectivity index (χ2v) is 5.82. The number of nitrogens with zero attached hydrogens (tertiary/aromatic N) is 5. The summed E-state index contributed by atoms with van der Waals surface area (Å²) in [5.74, 6) is -0.227. The highest BCUT2D eigenvalue weighted by Gasteiger charge is 2.28. The van der Waals surface area contributed by atoms with E-state index in [1.54, 1.807) is 11.1 Å². The predicted molar refractivity (Wildman–Crippen MR) is 91.3 cm³/mol. The van der Waals surface area contributed by atoms with Crippen molar-refractivity contribution < 1.29 is 14.3 Å². The topological polar surface area (TPSA) is 118 Å². The predicted octanol–water partition coefficient (Wildman–Crippen LogP) is -0.233. The molecular formula is C16H17N7O3. The van der Waals surface area contributed by atoms with Gasteiger partial charge in [0.15, 0.2) is 5.82 Å². The van der Waals surface area contributed by atoms with E-state index in [0.29, 0.717) is 48.6 Å². The zero-order chi connectivity index (χ0) is 18.1. The van der Waals surface area contributed by atoms with E-state index in [0.717, 1.165) is 0 Å². The van der Waals surface area contributed by atoms with Gasteiger partial charge in [-0.05, 0) is 0 Å². The van der Waals surface area contributed by atoms with Crippen LogP contribution in [0.25, 0.3) is 16.7 Å². The minimum absolute atomic E-state index is 0.254. The van der Waals surface area contributed by atoms with Gasteiger partial charge in [0.2, 0.25) is 0 Å². The highest BCUT2D eigenvalue weighted by atomic mass is 16.5. The van der Waals surface area contributed by atoms with Crippen molar-refractivity contribution in [1.29, 1.82) is 0 Å². The molecular weight excluding hydrogens is 338 g/mol. The van der Waals surface area contributed by atoms with Crippen LogP contribution in [0.2, 0.25) is 0 Å². The van der Waals surface area contributed by atoms with Crippen LogP contribution in [0.5, 0.6) is 5.75 Å². The number of H-pyrrole nitrogens is 1. The summed E-state index contributed by atoms with van der Waals surface area (Å²) in [4.78, 5) is 34.3. The smallest absolute Gasteiger partial charge is 0.295 e. The fraction of sp³-hybridized carbons (Fsp3) is 0.312. The number of rotatable bonds is 4. The lowest BCUT2D eigenvalue weighted by molar-refractivity contribution is -0.126. The van der Waals surface area contributed by atoms with E-state index >= 15 is 0 Å². The Labute approximate surface area is 148 Å². The number of hydrogen-bond donors (Lipinski definition) is 2. The van der Waals surface area contributed by atoms with E-state index in [9.17, 15) is 9.59 Å². The van der Waals surface area contributed by atoms with Gasteiger partial charge in [-0.3, -0.25) is 9.59 Å². The summed E-state index contributed by atoms with van der Waals surface area (Å²) in [7, 11) is 1.49. The van der Waals surface area contributed by atoms with Gasteiger partial charge in [-0.25, -0.2) is 9.67 Å². The second-order valence-electron chi connectivity index (χ2n) is 5.82. The molecule has 3 aromatic heterocycles. The first-order chi connectivity index (χ1) is 12.7. The number of aromatic nitrogens is 5. The molecule has 134 valence electrons. The molecule has 10 heteroatoms. The molecule has 4 rings (SSSR count). The largest absolute Gasteiger partial charge is 0.494 e. The van der Waals surface area contributed by atoms with E-state index < -0.39 is 11.7 Å². The van der Waals surface area contributed by atoms with E-state index in [4.69, 9.17) is 4.74 Å². The van der Waals surface area contributed by atoms with Crippen LogP contribution >= 0.6 is 0 Å². The monoisotopic (exact) mass is 355 g/mol. The lowest BCUT2D eigenvalue weighted by atomic mass is 10.1. The van der Waals surface area contributed by atoms with Gasteiger partial charge in [-0.2, -0.15) is 0 Å². The minimum Gasteiger partial charge on any atom is -0.494 e. The minimum atomic E-state index is -0.577. The molecule has 4 heterocycles. The van der Waals surface area contributed by atoms with Gasteiger partial charge in [0.05, 0.1) is 42.2 Å². The zero-order valence-electron chi connectivity index (χ0n) is 14.1. The SMILES string of the molecule is COc1cnc(-n2ccnn2)c2[nH]cc(C(=O)C(=O)N3CCNCC3)c12. The van der Waals surface area contributed by atoms with Crippen LogP contribution in [0, 0.1) is 0 Å². The molecule has 0 saturated carbocycles. The Hall–Kier alpha value is -3.27. The van der Waals surface area contributed by atoms with Gasteiger partial charge in [0.1, 0.15) is 5.75 Å². The summed E-state index contributed by atoms with van der Waals surface area (Å²) in [6.45, 7) is 2.37. The number of Topliss-reactive ketones (excluding diaryl/α,β-unsaturated/α-hetero) is 1. The summed E-state index contributed by atoms with van der Waals surface area (Å²) in [6, 6.07) is 0. The maximum Gasteiger partial charge on any atom is 0.295 e. The standard InChI is InChI=1S/C16H17N7O3/c1-26-11-9-19-15(23-7-4-20-21-23)13-12(11)10(8-18-13)14(24)16(25)22-5-2-17-3-6-22/h4,7-9,17-18H,2-3,5-6H2,1H3. The van der Waals surface area contributed by atoms with Crippen molar-refractivity contribution in [1.82, 2.24) is 35.2 Å². The molecule has 0 aliphatic carbocycles. The van der Waals surface area contributed by atoms with E-state index in [1.165, 1.54) is 30.4 Å². The molecule has 10 nitrogen and oxygen atoms in total. The number of ketones is 1. The quantitative estimate of drug-likeness (QED) is 0.490. The van der Waals surface area contributed by atoms with Crippen molar-refractivity contribution in [3.8, 4) is 11.6 Å². The van der Waals surface area contributed by atoms with Crippen molar-refractivity contribution in [2.24, 2.45) is 0 Å². The Bertz CT molecular complexity index is 958. The van der Waals surface area contributed by atoms with E-state index in [2.05, 4.69) is 25.6 Å². The van der Waals surface area contributed by atoms with Crippen LogP contribution in [-0.2, 0) is 4.79 Å². The Balaban J connectivity index is 1.79. The summed E-state index contributed by atoms with van der Waals surface area (Å²) in [5.41, 5.74) is 0.801. The first-order valence-corrected chi connectivity index (χ1v) is 8.15. The third-order valence-electron chi connectivity index (χ3n) is 4.36. The molecule has 0 atom stereocenters. The third-order valence-corrected chi connectivity index (χ3v) is 4.36. The third kappa shape index (κ3) is 2.60. The van der Waals surface area contributed by atoms with Crippen molar-refractivity contribution in [2.45, 2.75) is 0 Å². The summed E-state index contributed by atoms with van der Waals surface area (Å²) in [6.07, 6.45) is 6.18. The fourth-order valence-electron chi connectivity index (χ4n) is 3.06. The Morgan fingerprint density at radius 3 is 2.77 bits per heavy atom. The van der Waals surface area contributed by atoms with Crippen molar-refractivity contribution in [3.63, 3.8) is 0 Å². The number of nitrogens with one attached hydrogen (secondary N) is 2. The number of pyridine rings is 1. The van der Waals surface area contributed by atoms with Gasteiger partial charge in [0.25, 0.3) is 11.7 Å². The molecule has 3 aromatic rings. The summed E-state index contributed by atoms with van der Waals surface area (Å²) < 4.78 is 6.84. The van der Waals surface area contributed by atoms with Crippen LogP contribution in [0.1, 0.15) is 10.4 Å². The lowest BCUT2D eigenvalue weighted by Gasteiger charge is -2.26. The fourth-order valence-corrected chi connectivity index (χ4v) is 3.06. The number of ether oxygens (including phenoxy) is 1. The Kier molecular flexibility index (Phi) is 4.09. The molecule has 1 saturated heterocycles. The Morgan fingerprint density at radius 1 is 1.27 bits per heavy atom. The van der Waals surface area contributed by atoms with Crippen LogP contribution in [-0.4, -0.2) is 74.8 Å². The number of hydrogen-bond acceptors (Lipinski definition) is 7. The molecule has 0 unspecified atom stereocenters. The zero-order valence-corrected chi connectivity index (χ0v) is 14.1. The van der Waals surface area contributed by atoms with Crippen LogP contribution < -0.4 is 10.1 Å². The van der Waals surface area contributed by atoms with Crippen LogP contribution in [0.3, 0.4) is 0 Å². The average molecular weight is 355 g/mol. The molecule has 2 N–H and O–H groups in total. The molecule has 26 heavy (non-hydrogen) atoms. The van der Waals surface area contributed by atoms with Gasteiger partial charge < -0.3 is 19.9 Å². The number of fused-ring (bicyclic) bond motifs is 1. The molecule has 1 aliphatic rings. The van der Waals surface area contributed by atoms with E-state index in [1.807, 2.05) is 0 Å². The van der Waals surface area contributed by atoms with Crippen molar-refractivity contribution in [3.05, 3.63) is 30.4 Å². The van der Waals surface area contributed by atoms with Crippen LogP contribution in [0.4, 0.5) is 0 Å². The Morgan fingerprint density at radius 2 is 2.08 bits per heavy atom. The van der Waals surface area contributed by atoms with Crippen molar-refractivity contribution in [2.75, 3.05) is 33.3 Å². The van der Waals surface area contributed by atoms with Crippen LogP contribution in [0.15, 0.2) is 24.8 Å². The highest BCUT2D eigenvalue weighted by Crippen LogP contribution is 2.31. The summed E-state index contributed by atoms with van der Waals surface area (Å²) >= 11 is 0.